The number of benzene rings is 2. The fraction of sp³-hybridized carbons (Fsp3) is 0.200. The average molecular weight is 397 g/mol. The van der Waals surface area contributed by atoms with Crippen LogP contribution in [0.1, 0.15) is 11.3 Å². The van der Waals surface area contributed by atoms with Crippen LogP contribution >= 0.6 is 0 Å². The van der Waals surface area contributed by atoms with E-state index in [0.29, 0.717) is 31.0 Å². The first-order valence-electron chi connectivity index (χ1n) is 8.99. The molecule has 2 heterocycles. The van der Waals surface area contributed by atoms with Crippen molar-refractivity contribution in [3.05, 3.63) is 77.6 Å². The van der Waals surface area contributed by atoms with Crippen molar-refractivity contribution in [3.8, 4) is 0 Å². The van der Waals surface area contributed by atoms with Gasteiger partial charge >= 0.3 is 11.8 Å². The third-order valence-electron chi connectivity index (χ3n) is 4.64. The van der Waals surface area contributed by atoms with Crippen molar-refractivity contribution in [1.82, 2.24) is 19.9 Å². The standard InChI is InChI=1S/C20H17F2N5O2/c21-15-3-1-14(2-4-15)11-26-13-17(23-24-26)12-25-9-10-27(20(29)19(25)28)18-7-5-16(22)6-8-18/h1-8,13H,9-12H2. The zero-order valence-electron chi connectivity index (χ0n) is 15.3. The quantitative estimate of drug-likeness (QED) is 0.618. The summed E-state index contributed by atoms with van der Waals surface area (Å²) in [6.07, 6.45) is 1.69. The van der Waals surface area contributed by atoms with E-state index >= 15 is 0 Å². The van der Waals surface area contributed by atoms with Crippen LogP contribution in [0.15, 0.2) is 54.7 Å². The second-order valence-corrected chi connectivity index (χ2v) is 6.69. The Balaban J connectivity index is 1.40. The van der Waals surface area contributed by atoms with Crippen molar-refractivity contribution in [1.29, 1.82) is 0 Å². The van der Waals surface area contributed by atoms with Gasteiger partial charge in [0.1, 0.15) is 17.3 Å². The summed E-state index contributed by atoms with van der Waals surface area (Å²) in [6.45, 7) is 1.20. The first kappa shape index (κ1) is 18.7. The van der Waals surface area contributed by atoms with Crippen LogP contribution in [-0.2, 0) is 22.7 Å². The minimum Gasteiger partial charge on any atom is -0.327 e. The molecule has 29 heavy (non-hydrogen) atoms. The van der Waals surface area contributed by atoms with Gasteiger partial charge in [-0.3, -0.25) is 9.59 Å². The smallest absolute Gasteiger partial charge is 0.316 e. The number of aromatic nitrogens is 3. The molecule has 1 fully saturated rings. The molecule has 148 valence electrons. The molecule has 7 nitrogen and oxygen atoms in total. The molecule has 0 N–H and O–H groups in total. The van der Waals surface area contributed by atoms with Gasteiger partial charge in [-0.1, -0.05) is 17.3 Å². The highest BCUT2D eigenvalue weighted by Crippen LogP contribution is 2.19. The monoisotopic (exact) mass is 397 g/mol. The zero-order valence-corrected chi connectivity index (χ0v) is 15.3. The number of hydrogen-bond acceptors (Lipinski definition) is 4. The highest BCUT2D eigenvalue weighted by atomic mass is 19.1. The molecule has 0 bridgehead atoms. The lowest BCUT2D eigenvalue weighted by Crippen LogP contribution is -2.54. The predicted octanol–water partition coefficient (Wildman–Crippen LogP) is 1.98. The van der Waals surface area contributed by atoms with E-state index in [4.69, 9.17) is 0 Å². The fourth-order valence-electron chi connectivity index (χ4n) is 3.15. The van der Waals surface area contributed by atoms with Crippen LogP contribution in [0.2, 0.25) is 0 Å². The van der Waals surface area contributed by atoms with Gasteiger partial charge in [-0.2, -0.15) is 0 Å². The zero-order chi connectivity index (χ0) is 20.4. The molecule has 1 saturated heterocycles. The molecular formula is C20H17F2N5O2. The Labute approximate surface area is 165 Å². The molecule has 0 atom stereocenters. The number of nitrogens with zero attached hydrogens (tertiary/aromatic N) is 5. The van der Waals surface area contributed by atoms with Gasteiger partial charge in [0.25, 0.3) is 0 Å². The summed E-state index contributed by atoms with van der Waals surface area (Å²) in [5, 5.41) is 8.07. The lowest BCUT2D eigenvalue weighted by Gasteiger charge is -2.33. The van der Waals surface area contributed by atoms with E-state index in [2.05, 4.69) is 10.3 Å². The number of halogens is 2. The molecule has 0 spiro atoms. The van der Waals surface area contributed by atoms with E-state index in [9.17, 15) is 18.4 Å². The summed E-state index contributed by atoms with van der Waals surface area (Å²) in [7, 11) is 0. The molecule has 4 rings (SSSR count). The lowest BCUT2D eigenvalue weighted by molar-refractivity contribution is -0.146. The SMILES string of the molecule is O=C1C(=O)N(c2ccc(F)cc2)CCN1Cc1cn(Cc2ccc(F)cc2)nn1. The van der Waals surface area contributed by atoms with Crippen LogP contribution in [-0.4, -0.2) is 44.8 Å². The normalized spacial score (nSPS) is 14.6. The van der Waals surface area contributed by atoms with Crippen molar-refractivity contribution in [2.24, 2.45) is 0 Å². The van der Waals surface area contributed by atoms with Gasteiger partial charge in [0.05, 0.1) is 19.3 Å². The van der Waals surface area contributed by atoms with E-state index in [1.807, 2.05) is 0 Å². The maximum Gasteiger partial charge on any atom is 0.316 e. The molecule has 0 radical (unpaired) electrons. The molecule has 3 aromatic rings. The van der Waals surface area contributed by atoms with E-state index < -0.39 is 17.6 Å². The Morgan fingerprint density at radius 3 is 2.17 bits per heavy atom. The van der Waals surface area contributed by atoms with Crippen molar-refractivity contribution < 1.29 is 18.4 Å². The Hall–Kier alpha value is -3.62. The lowest BCUT2D eigenvalue weighted by atomic mass is 10.2. The van der Waals surface area contributed by atoms with Crippen molar-refractivity contribution >= 4 is 17.5 Å². The molecule has 1 aromatic heterocycles. The number of carbonyl (C=O) groups is 2. The van der Waals surface area contributed by atoms with Gasteiger partial charge in [-0.15, -0.1) is 5.10 Å². The minimum atomic E-state index is -0.665. The van der Waals surface area contributed by atoms with Gasteiger partial charge in [-0.25, -0.2) is 13.5 Å². The van der Waals surface area contributed by atoms with Crippen LogP contribution in [0, 0.1) is 11.6 Å². The highest BCUT2D eigenvalue weighted by molar-refractivity contribution is 6.40. The maximum atomic E-state index is 13.1. The summed E-state index contributed by atoms with van der Waals surface area (Å²) in [5.41, 5.74) is 1.89. The Morgan fingerprint density at radius 2 is 1.48 bits per heavy atom. The summed E-state index contributed by atoms with van der Waals surface area (Å²) in [4.78, 5) is 27.7. The topological polar surface area (TPSA) is 71.3 Å². The van der Waals surface area contributed by atoms with Crippen LogP contribution in [0.4, 0.5) is 14.5 Å². The molecule has 2 amide bonds. The van der Waals surface area contributed by atoms with Crippen molar-refractivity contribution in [3.63, 3.8) is 0 Å². The molecule has 1 aliphatic rings. The van der Waals surface area contributed by atoms with Gasteiger partial charge in [0.2, 0.25) is 0 Å². The van der Waals surface area contributed by atoms with Crippen molar-refractivity contribution in [2.75, 3.05) is 18.0 Å². The van der Waals surface area contributed by atoms with Gasteiger partial charge in [0, 0.05) is 18.8 Å². The van der Waals surface area contributed by atoms with Crippen LogP contribution < -0.4 is 4.90 Å². The summed E-state index contributed by atoms with van der Waals surface area (Å²) in [6, 6.07) is 11.5. The Bertz CT molecular complexity index is 1030. The molecule has 0 saturated carbocycles. The van der Waals surface area contributed by atoms with Crippen LogP contribution in [0.5, 0.6) is 0 Å². The Kier molecular flexibility index (Phi) is 5.03. The third-order valence-corrected chi connectivity index (χ3v) is 4.64. The number of amides is 2. The average Bonchev–Trinajstić information content (AvgIpc) is 3.15. The predicted molar refractivity (Wildman–Crippen MR) is 99.7 cm³/mol. The first-order valence-corrected chi connectivity index (χ1v) is 8.99. The summed E-state index contributed by atoms with van der Waals surface area (Å²) < 4.78 is 27.7. The van der Waals surface area contributed by atoms with E-state index in [1.165, 1.54) is 46.2 Å². The summed E-state index contributed by atoms with van der Waals surface area (Å²) in [5.74, 6) is -2.03. The number of carbonyl (C=O) groups excluding carboxylic acids is 2. The molecular weight excluding hydrogens is 380 g/mol. The second kappa shape index (κ2) is 7.78. The fourth-order valence-corrected chi connectivity index (χ4v) is 3.15. The maximum absolute atomic E-state index is 13.1. The van der Waals surface area contributed by atoms with Gasteiger partial charge in [0.15, 0.2) is 0 Å². The highest BCUT2D eigenvalue weighted by Gasteiger charge is 2.33. The third kappa shape index (κ3) is 4.13. The molecule has 9 heteroatoms. The number of piperazine rings is 1. The number of anilines is 1. The first-order chi connectivity index (χ1) is 14.0. The van der Waals surface area contributed by atoms with Crippen molar-refractivity contribution in [2.45, 2.75) is 13.1 Å². The largest absolute Gasteiger partial charge is 0.327 e. The van der Waals surface area contributed by atoms with E-state index in [-0.39, 0.29) is 12.4 Å². The Morgan fingerprint density at radius 1 is 0.828 bits per heavy atom. The van der Waals surface area contributed by atoms with Crippen LogP contribution in [0.3, 0.4) is 0 Å². The van der Waals surface area contributed by atoms with Gasteiger partial charge in [-0.05, 0) is 42.0 Å². The van der Waals surface area contributed by atoms with Crippen LogP contribution in [0.25, 0.3) is 0 Å². The molecule has 2 aromatic carbocycles. The van der Waals surface area contributed by atoms with E-state index in [0.717, 1.165) is 5.56 Å². The molecule has 0 unspecified atom stereocenters. The van der Waals surface area contributed by atoms with Gasteiger partial charge < -0.3 is 9.80 Å². The molecule has 0 aliphatic carbocycles. The summed E-state index contributed by atoms with van der Waals surface area (Å²) >= 11 is 0. The second-order valence-electron chi connectivity index (χ2n) is 6.69. The number of hydrogen-bond donors (Lipinski definition) is 0. The van der Waals surface area contributed by atoms with E-state index in [1.54, 1.807) is 23.0 Å². The number of rotatable bonds is 5. The minimum absolute atomic E-state index is 0.158. The molecule has 1 aliphatic heterocycles.